The van der Waals surface area contributed by atoms with E-state index in [-0.39, 0.29) is 0 Å². The highest BCUT2D eigenvalue weighted by atomic mass is 15.2. The van der Waals surface area contributed by atoms with Crippen molar-refractivity contribution in [2.75, 3.05) is 6.54 Å². The van der Waals surface area contributed by atoms with Crippen LogP contribution in [-0.2, 0) is 0 Å². The maximum Gasteiger partial charge on any atom is 0.172 e. The summed E-state index contributed by atoms with van der Waals surface area (Å²) in [6.45, 7) is 19.8. The average Bonchev–Trinajstić information content (AvgIpc) is 2.63. The van der Waals surface area contributed by atoms with Crippen molar-refractivity contribution in [2.24, 2.45) is 4.99 Å². The van der Waals surface area contributed by atoms with Crippen LogP contribution in [0.3, 0.4) is 0 Å². The lowest BCUT2D eigenvalue weighted by molar-refractivity contribution is 0.229. The highest BCUT2D eigenvalue weighted by molar-refractivity contribution is 5.73. The number of allylic oxidation sites excluding steroid dienone is 2. The second-order valence-electron chi connectivity index (χ2n) is 5.87. The minimum Gasteiger partial charge on any atom is -0.347 e. The van der Waals surface area contributed by atoms with Gasteiger partial charge in [0.1, 0.15) is 0 Å². The molecule has 2 heteroatoms. The van der Waals surface area contributed by atoms with Crippen LogP contribution < -0.4 is 0 Å². The van der Waals surface area contributed by atoms with Gasteiger partial charge in [0.15, 0.2) is 5.82 Å². The minimum atomic E-state index is 0.558. The van der Waals surface area contributed by atoms with Crippen molar-refractivity contribution in [1.82, 2.24) is 4.90 Å². The van der Waals surface area contributed by atoms with Crippen LogP contribution in [0.5, 0.6) is 0 Å². The van der Waals surface area contributed by atoms with Crippen molar-refractivity contribution in [3.05, 3.63) is 29.8 Å². The predicted octanol–water partition coefficient (Wildman–Crippen LogP) is 7.14. The van der Waals surface area contributed by atoms with E-state index in [1.165, 1.54) is 44.1 Å². The zero-order valence-corrected chi connectivity index (χ0v) is 17.5. The van der Waals surface area contributed by atoms with Gasteiger partial charge in [-0.3, -0.25) is 0 Å². The van der Waals surface area contributed by atoms with Gasteiger partial charge in [0.05, 0.1) is 0 Å². The fourth-order valence-corrected chi connectivity index (χ4v) is 2.49. The Bertz CT molecular complexity index is 379. The second kappa shape index (κ2) is 18.1. The lowest BCUT2D eigenvalue weighted by atomic mass is 10.0. The summed E-state index contributed by atoms with van der Waals surface area (Å²) in [5.41, 5.74) is 4.38. The third-order valence-corrected chi connectivity index (χ3v) is 4.11. The van der Waals surface area contributed by atoms with Crippen LogP contribution in [0, 0.1) is 0 Å². The first-order valence-electron chi connectivity index (χ1n) is 10.0. The van der Waals surface area contributed by atoms with Crippen LogP contribution in [0.15, 0.2) is 34.8 Å². The molecule has 0 aliphatic heterocycles. The summed E-state index contributed by atoms with van der Waals surface area (Å²) >= 11 is 0. The number of aliphatic imine (C=N–C) groups is 1. The van der Waals surface area contributed by atoms with Crippen LogP contribution in [0.4, 0.5) is 0 Å². The lowest BCUT2D eigenvalue weighted by Crippen LogP contribution is -2.34. The molecule has 140 valence electrons. The molecule has 0 aliphatic carbocycles. The van der Waals surface area contributed by atoms with E-state index in [1.807, 2.05) is 20.1 Å². The first kappa shape index (κ1) is 25.0. The van der Waals surface area contributed by atoms with Crippen LogP contribution in [-0.4, -0.2) is 23.7 Å². The summed E-state index contributed by atoms with van der Waals surface area (Å²) in [5.74, 6) is 0.889. The highest BCUT2D eigenvalue weighted by Crippen LogP contribution is 2.20. The van der Waals surface area contributed by atoms with Crippen LogP contribution in [0.25, 0.3) is 0 Å². The topological polar surface area (TPSA) is 15.6 Å². The monoisotopic (exact) mass is 334 g/mol. The highest BCUT2D eigenvalue weighted by Gasteiger charge is 2.18. The molecular weight excluding hydrogens is 292 g/mol. The molecule has 0 aromatic rings. The molecular formula is C22H42N2. The molecule has 0 atom stereocenters. The molecule has 2 nitrogen and oxygen atoms in total. The molecule has 0 aromatic carbocycles. The summed E-state index contributed by atoms with van der Waals surface area (Å²) in [5, 5.41) is 0. The third kappa shape index (κ3) is 11.3. The fourth-order valence-electron chi connectivity index (χ4n) is 2.49. The largest absolute Gasteiger partial charge is 0.347 e. The standard InChI is InChI=1S/C20H36N2.C2H6/c1-7-12-14-19(15-13-8-2)22(11-5)20(10-4)21-17-16-18(6)9-3;1-2/h16-17,19H,4,7-9,11-15H2,1-3,5-6H3;1-2H3/b18-16+,21-17-;. The van der Waals surface area contributed by atoms with Crippen molar-refractivity contribution in [1.29, 1.82) is 0 Å². The van der Waals surface area contributed by atoms with E-state index in [1.54, 1.807) is 0 Å². The van der Waals surface area contributed by atoms with Gasteiger partial charge in [0.2, 0.25) is 0 Å². The van der Waals surface area contributed by atoms with Gasteiger partial charge in [-0.25, -0.2) is 4.99 Å². The molecule has 0 N–H and O–H groups in total. The molecule has 0 aliphatic rings. The number of hydrogen-bond acceptors (Lipinski definition) is 2. The van der Waals surface area contributed by atoms with E-state index in [9.17, 15) is 0 Å². The number of rotatable bonds is 12. The fraction of sp³-hybridized carbons (Fsp3) is 0.727. The third-order valence-electron chi connectivity index (χ3n) is 4.11. The van der Waals surface area contributed by atoms with E-state index in [4.69, 9.17) is 0 Å². The van der Waals surface area contributed by atoms with Crippen molar-refractivity contribution >= 4 is 6.21 Å². The Morgan fingerprint density at radius 1 is 1.08 bits per heavy atom. The Morgan fingerprint density at radius 3 is 2.00 bits per heavy atom. The van der Waals surface area contributed by atoms with Crippen LogP contribution >= 0.6 is 0 Å². The second-order valence-corrected chi connectivity index (χ2v) is 5.87. The summed E-state index contributed by atoms with van der Waals surface area (Å²) in [6.07, 6.45) is 12.5. The predicted molar refractivity (Wildman–Crippen MR) is 112 cm³/mol. The molecule has 0 unspecified atom stereocenters. The molecule has 24 heavy (non-hydrogen) atoms. The molecule has 0 saturated heterocycles. The zero-order chi connectivity index (χ0) is 18.8. The van der Waals surface area contributed by atoms with Crippen molar-refractivity contribution in [3.63, 3.8) is 0 Å². The van der Waals surface area contributed by atoms with Gasteiger partial charge in [-0.1, -0.05) is 78.2 Å². The van der Waals surface area contributed by atoms with E-state index in [0.717, 1.165) is 18.8 Å². The Balaban J connectivity index is 0. The number of unbranched alkanes of at least 4 members (excludes halogenated alkanes) is 2. The first-order valence-corrected chi connectivity index (χ1v) is 10.0. The lowest BCUT2D eigenvalue weighted by Gasteiger charge is -2.32. The van der Waals surface area contributed by atoms with Crippen molar-refractivity contribution in [3.8, 4) is 0 Å². The Morgan fingerprint density at radius 2 is 1.62 bits per heavy atom. The molecule has 0 spiro atoms. The van der Waals surface area contributed by atoms with Gasteiger partial charge in [-0.2, -0.15) is 0 Å². The van der Waals surface area contributed by atoms with Gasteiger partial charge < -0.3 is 4.90 Å². The van der Waals surface area contributed by atoms with Crippen LogP contribution in [0.2, 0.25) is 0 Å². The molecule has 0 rings (SSSR count). The summed E-state index contributed by atoms with van der Waals surface area (Å²) < 4.78 is 0. The summed E-state index contributed by atoms with van der Waals surface area (Å²) in [4.78, 5) is 6.98. The quantitative estimate of drug-likeness (QED) is 0.273. The minimum absolute atomic E-state index is 0.558. The SMILES string of the molecule is C=C=C(/N=C\C=C(/C)CC)N(CC)C(CCCC)CCCC.CC. The molecule has 0 radical (unpaired) electrons. The maximum absolute atomic E-state index is 4.61. The maximum atomic E-state index is 4.61. The number of nitrogens with zero attached hydrogens (tertiary/aromatic N) is 2. The van der Waals surface area contributed by atoms with Crippen LogP contribution in [0.1, 0.15) is 93.4 Å². The molecule has 0 saturated carbocycles. The van der Waals surface area contributed by atoms with Gasteiger partial charge in [0.25, 0.3) is 0 Å². The number of hydrogen-bond donors (Lipinski definition) is 0. The molecule has 0 bridgehead atoms. The van der Waals surface area contributed by atoms with Gasteiger partial charge in [-0.15, -0.1) is 0 Å². The normalized spacial score (nSPS) is 11.2. The molecule has 0 amide bonds. The van der Waals surface area contributed by atoms with Gasteiger partial charge in [-0.05, 0) is 39.2 Å². The average molecular weight is 335 g/mol. The Kier molecular flexibility index (Phi) is 18.8. The van der Waals surface area contributed by atoms with Crippen molar-refractivity contribution in [2.45, 2.75) is 99.5 Å². The van der Waals surface area contributed by atoms with E-state index in [2.05, 4.69) is 62.9 Å². The molecule has 0 aromatic heterocycles. The molecule has 0 heterocycles. The van der Waals surface area contributed by atoms with Gasteiger partial charge >= 0.3 is 0 Å². The smallest absolute Gasteiger partial charge is 0.172 e. The Labute approximate surface area is 152 Å². The van der Waals surface area contributed by atoms with E-state index in [0.29, 0.717) is 6.04 Å². The Hall–Kier alpha value is -1.27. The van der Waals surface area contributed by atoms with Crippen molar-refractivity contribution < 1.29 is 0 Å². The first-order chi connectivity index (χ1) is 11.6. The van der Waals surface area contributed by atoms with E-state index >= 15 is 0 Å². The van der Waals surface area contributed by atoms with E-state index < -0.39 is 0 Å². The summed E-state index contributed by atoms with van der Waals surface area (Å²) in [6, 6.07) is 0.558. The molecule has 0 fully saturated rings. The summed E-state index contributed by atoms with van der Waals surface area (Å²) in [7, 11) is 0. The zero-order valence-electron chi connectivity index (χ0n) is 17.5. The van der Waals surface area contributed by atoms with Gasteiger partial charge in [0, 0.05) is 18.8 Å².